The molecule has 0 bridgehead atoms. The number of pyridine rings is 1. The third kappa shape index (κ3) is 2.81. The zero-order valence-corrected chi connectivity index (χ0v) is 17.1. The molecule has 30 heavy (non-hydrogen) atoms. The first-order valence-corrected chi connectivity index (χ1v) is 10.1. The average molecular weight is 415 g/mol. The van der Waals surface area contributed by atoms with Gasteiger partial charge in [0.25, 0.3) is 11.5 Å². The molecule has 148 valence electrons. The monoisotopic (exact) mass is 415 g/mol. The van der Waals surface area contributed by atoms with E-state index in [2.05, 4.69) is 10.3 Å². The number of aryl methyl sites for hydroxylation is 2. The minimum absolute atomic E-state index is 0.160. The molecule has 0 fully saturated rings. The van der Waals surface area contributed by atoms with Crippen molar-refractivity contribution in [3.63, 3.8) is 0 Å². The maximum absolute atomic E-state index is 13.2. The van der Waals surface area contributed by atoms with Crippen LogP contribution >= 0.6 is 11.3 Å². The van der Waals surface area contributed by atoms with Gasteiger partial charge in [-0.3, -0.25) is 14.0 Å². The lowest BCUT2D eigenvalue weighted by molar-refractivity contribution is 0.102. The molecule has 0 saturated carbocycles. The summed E-state index contributed by atoms with van der Waals surface area (Å²) in [6, 6.07) is 15.4. The van der Waals surface area contributed by atoms with Gasteiger partial charge in [0.2, 0.25) is 0 Å². The van der Waals surface area contributed by atoms with Gasteiger partial charge in [-0.15, -0.1) is 11.3 Å². The Bertz CT molecular complexity index is 1480. The van der Waals surface area contributed by atoms with Crippen LogP contribution in [-0.2, 0) is 7.05 Å². The van der Waals surface area contributed by atoms with Gasteiger partial charge in [-0.25, -0.2) is 9.97 Å². The molecular formula is C22H17N5O2S. The van der Waals surface area contributed by atoms with Crippen LogP contribution in [0.5, 0.6) is 0 Å². The molecule has 0 unspecified atom stereocenters. The second kappa shape index (κ2) is 6.93. The van der Waals surface area contributed by atoms with Crippen molar-refractivity contribution >= 4 is 38.9 Å². The van der Waals surface area contributed by atoms with Gasteiger partial charge in [0.15, 0.2) is 0 Å². The zero-order chi connectivity index (χ0) is 20.8. The number of amides is 1. The number of rotatable bonds is 3. The molecule has 0 atom stereocenters. The summed E-state index contributed by atoms with van der Waals surface area (Å²) in [6.45, 7) is 1.78. The number of thiophene rings is 1. The fourth-order valence-electron chi connectivity index (χ4n) is 3.50. The number of aromatic nitrogens is 4. The van der Waals surface area contributed by atoms with Gasteiger partial charge in [0.1, 0.15) is 22.0 Å². The SMILES string of the molecule is Cc1c(C(=O)Nc2c(-c3ccccc3)nc3ccccn23)sc2ncn(C)c(=O)c12. The average Bonchev–Trinajstić information content (AvgIpc) is 3.30. The van der Waals surface area contributed by atoms with E-state index < -0.39 is 0 Å². The van der Waals surface area contributed by atoms with E-state index >= 15 is 0 Å². The number of imidazole rings is 1. The predicted octanol–water partition coefficient (Wildman–Crippen LogP) is 3.87. The van der Waals surface area contributed by atoms with Crippen LogP contribution in [0.2, 0.25) is 0 Å². The van der Waals surface area contributed by atoms with E-state index in [4.69, 9.17) is 4.98 Å². The highest BCUT2D eigenvalue weighted by Crippen LogP contribution is 2.31. The van der Waals surface area contributed by atoms with E-state index in [1.165, 1.54) is 22.2 Å². The second-order valence-corrected chi connectivity index (χ2v) is 7.95. The highest BCUT2D eigenvalue weighted by atomic mass is 32.1. The zero-order valence-electron chi connectivity index (χ0n) is 16.3. The molecule has 5 aromatic rings. The normalized spacial score (nSPS) is 11.3. The van der Waals surface area contributed by atoms with Gasteiger partial charge in [0, 0.05) is 18.8 Å². The topological polar surface area (TPSA) is 81.3 Å². The Labute approximate surface area is 175 Å². The van der Waals surface area contributed by atoms with Crippen molar-refractivity contribution < 1.29 is 4.79 Å². The Morgan fingerprint density at radius 3 is 2.67 bits per heavy atom. The minimum atomic E-state index is -0.291. The van der Waals surface area contributed by atoms with Crippen LogP contribution in [0.4, 0.5) is 5.82 Å². The number of fused-ring (bicyclic) bond motifs is 2. The van der Waals surface area contributed by atoms with Crippen molar-refractivity contribution in [2.45, 2.75) is 6.92 Å². The molecule has 0 aliphatic carbocycles. The maximum Gasteiger partial charge on any atom is 0.267 e. The second-order valence-electron chi connectivity index (χ2n) is 6.95. The Balaban J connectivity index is 1.64. The number of carbonyl (C=O) groups excluding carboxylic acids is 1. The molecule has 8 heteroatoms. The van der Waals surface area contributed by atoms with Gasteiger partial charge in [0.05, 0.1) is 16.6 Å². The fourth-order valence-corrected chi connectivity index (χ4v) is 4.54. The Kier molecular flexibility index (Phi) is 4.22. The number of hydrogen-bond donors (Lipinski definition) is 1. The summed E-state index contributed by atoms with van der Waals surface area (Å²) in [5.41, 5.74) is 2.79. The fraction of sp³-hybridized carbons (Fsp3) is 0.0909. The maximum atomic E-state index is 13.2. The molecule has 1 aromatic carbocycles. The van der Waals surface area contributed by atoms with Crippen molar-refractivity contribution in [1.82, 2.24) is 18.9 Å². The molecule has 4 aromatic heterocycles. The van der Waals surface area contributed by atoms with Gasteiger partial charge < -0.3 is 9.88 Å². The van der Waals surface area contributed by atoms with Crippen molar-refractivity contribution in [2.24, 2.45) is 7.05 Å². The van der Waals surface area contributed by atoms with Crippen LogP contribution < -0.4 is 10.9 Å². The van der Waals surface area contributed by atoms with E-state index in [0.717, 1.165) is 11.2 Å². The van der Waals surface area contributed by atoms with Crippen LogP contribution in [0.3, 0.4) is 0 Å². The first kappa shape index (κ1) is 18.3. The van der Waals surface area contributed by atoms with E-state index in [-0.39, 0.29) is 11.5 Å². The quantitative estimate of drug-likeness (QED) is 0.485. The van der Waals surface area contributed by atoms with Crippen LogP contribution in [-0.4, -0.2) is 24.8 Å². The van der Waals surface area contributed by atoms with Gasteiger partial charge in [-0.1, -0.05) is 36.4 Å². The van der Waals surface area contributed by atoms with Crippen molar-refractivity contribution in [2.75, 3.05) is 5.32 Å². The highest BCUT2D eigenvalue weighted by molar-refractivity contribution is 7.20. The van der Waals surface area contributed by atoms with E-state index in [1.807, 2.05) is 59.1 Å². The van der Waals surface area contributed by atoms with Gasteiger partial charge >= 0.3 is 0 Å². The van der Waals surface area contributed by atoms with Gasteiger partial charge in [-0.05, 0) is 24.6 Å². The number of benzene rings is 1. The highest BCUT2D eigenvalue weighted by Gasteiger charge is 2.22. The van der Waals surface area contributed by atoms with E-state index in [9.17, 15) is 9.59 Å². The lowest BCUT2D eigenvalue weighted by atomic mass is 10.1. The first-order valence-electron chi connectivity index (χ1n) is 9.33. The summed E-state index contributed by atoms with van der Waals surface area (Å²) in [5, 5.41) is 3.50. The van der Waals surface area contributed by atoms with E-state index in [1.54, 1.807) is 14.0 Å². The summed E-state index contributed by atoms with van der Waals surface area (Å²) in [4.78, 5) is 35.8. The third-order valence-corrected chi connectivity index (χ3v) is 6.22. The van der Waals surface area contributed by atoms with Crippen LogP contribution in [0.25, 0.3) is 27.1 Å². The Hall–Kier alpha value is -3.78. The van der Waals surface area contributed by atoms with Crippen LogP contribution in [0.1, 0.15) is 15.2 Å². The molecule has 1 N–H and O–H groups in total. The standard InChI is InChI=1S/C22H17N5O2S/c1-13-16-21(23-12-26(2)22(16)29)30-18(13)20(28)25-19-17(14-8-4-3-5-9-14)24-15-10-6-7-11-27(15)19/h3-12H,1-2H3,(H,25,28). The van der Waals surface area contributed by atoms with Crippen molar-refractivity contribution in [3.8, 4) is 11.3 Å². The molecule has 0 aliphatic heterocycles. The summed E-state index contributed by atoms with van der Waals surface area (Å²) in [7, 11) is 1.65. The van der Waals surface area contributed by atoms with Crippen molar-refractivity contribution in [1.29, 1.82) is 0 Å². The molecule has 5 rings (SSSR count). The lowest BCUT2D eigenvalue weighted by Gasteiger charge is -2.07. The smallest absolute Gasteiger partial charge is 0.267 e. The van der Waals surface area contributed by atoms with E-state index in [0.29, 0.717) is 32.2 Å². The largest absolute Gasteiger partial charge is 0.305 e. The number of anilines is 1. The van der Waals surface area contributed by atoms with Crippen LogP contribution in [0.15, 0.2) is 65.8 Å². The Morgan fingerprint density at radius 1 is 1.10 bits per heavy atom. The predicted molar refractivity (Wildman–Crippen MR) is 118 cm³/mol. The first-order chi connectivity index (χ1) is 14.5. The summed E-state index contributed by atoms with van der Waals surface area (Å²) in [6.07, 6.45) is 3.33. The molecule has 7 nitrogen and oxygen atoms in total. The molecule has 0 radical (unpaired) electrons. The summed E-state index contributed by atoms with van der Waals surface area (Å²) in [5.74, 6) is 0.292. The lowest BCUT2D eigenvalue weighted by Crippen LogP contribution is -2.17. The van der Waals surface area contributed by atoms with Crippen LogP contribution in [0, 0.1) is 6.92 Å². The number of carbonyl (C=O) groups is 1. The summed E-state index contributed by atoms with van der Waals surface area (Å²) >= 11 is 1.22. The molecular weight excluding hydrogens is 398 g/mol. The number of nitrogens with zero attached hydrogens (tertiary/aromatic N) is 4. The number of hydrogen-bond acceptors (Lipinski definition) is 5. The molecule has 0 aliphatic rings. The molecule has 4 heterocycles. The van der Waals surface area contributed by atoms with Crippen molar-refractivity contribution in [3.05, 3.63) is 81.8 Å². The van der Waals surface area contributed by atoms with Gasteiger partial charge in [-0.2, -0.15) is 0 Å². The molecule has 0 saturated heterocycles. The minimum Gasteiger partial charge on any atom is -0.305 e. The molecule has 0 spiro atoms. The Morgan fingerprint density at radius 2 is 1.87 bits per heavy atom. The number of nitrogens with one attached hydrogen (secondary N) is 1. The third-order valence-electron chi connectivity index (χ3n) is 5.03. The molecule has 1 amide bonds. The summed E-state index contributed by atoms with van der Waals surface area (Å²) < 4.78 is 3.27.